The fraction of sp³-hybridized carbons (Fsp3) is 0.200. The Bertz CT molecular complexity index is 669. The van der Waals surface area contributed by atoms with Crippen molar-refractivity contribution in [2.75, 3.05) is 5.32 Å². The first-order chi connectivity index (χ1) is 9.85. The van der Waals surface area contributed by atoms with Crippen LogP contribution in [0.5, 0.6) is 0 Å². The molecule has 0 saturated carbocycles. The summed E-state index contributed by atoms with van der Waals surface area (Å²) in [7, 11) is 0. The monoisotopic (exact) mass is 267 g/mol. The molecule has 0 bridgehead atoms. The lowest BCUT2D eigenvalue weighted by atomic mass is 10.2. The van der Waals surface area contributed by atoms with E-state index in [1.807, 2.05) is 40.0 Å². The van der Waals surface area contributed by atoms with Gasteiger partial charge in [-0.15, -0.1) is 0 Å². The van der Waals surface area contributed by atoms with E-state index in [0.29, 0.717) is 0 Å². The molecule has 0 aliphatic heterocycles. The van der Waals surface area contributed by atoms with Crippen LogP contribution in [-0.4, -0.2) is 19.6 Å². The highest BCUT2D eigenvalue weighted by molar-refractivity contribution is 5.51. The number of benzene rings is 1. The van der Waals surface area contributed by atoms with Gasteiger partial charge in [-0.3, -0.25) is 4.68 Å². The molecule has 20 heavy (non-hydrogen) atoms. The van der Waals surface area contributed by atoms with Crippen LogP contribution in [0, 0.1) is 0 Å². The molecule has 5 nitrogen and oxygen atoms in total. The van der Waals surface area contributed by atoms with E-state index in [0.717, 1.165) is 24.5 Å². The Labute approximate surface area is 117 Å². The molecule has 0 amide bonds. The zero-order valence-electron chi connectivity index (χ0n) is 11.4. The quantitative estimate of drug-likeness (QED) is 0.773. The van der Waals surface area contributed by atoms with E-state index in [1.165, 1.54) is 5.56 Å². The predicted molar refractivity (Wildman–Crippen MR) is 78.8 cm³/mol. The average Bonchev–Trinajstić information content (AvgIpc) is 3.17. The third-order valence-electron chi connectivity index (χ3n) is 3.12. The van der Waals surface area contributed by atoms with E-state index in [1.54, 1.807) is 6.20 Å². The molecule has 0 saturated heterocycles. The van der Waals surface area contributed by atoms with E-state index in [2.05, 4.69) is 40.8 Å². The summed E-state index contributed by atoms with van der Waals surface area (Å²) in [5.74, 6) is 0. The van der Waals surface area contributed by atoms with Crippen molar-refractivity contribution in [1.82, 2.24) is 19.6 Å². The molecule has 0 aliphatic carbocycles. The molecule has 102 valence electrons. The zero-order chi connectivity index (χ0) is 13.8. The number of nitrogens with one attached hydrogen (secondary N) is 1. The predicted octanol–water partition coefficient (Wildman–Crippen LogP) is 2.70. The lowest BCUT2D eigenvalue weighted by Crippen LogP contribution is -2.00. The van der Waals surface area contributed by atoms with Gasteiger partial charge in [0, 0.05) is 42.9 Å². The lowest BCUT2D eigenvalue weighted by Gasteiger charge is -2.07. The first-order valence-corrected chi connectivity index (χ1v) is 6.70. The summed E-state index contributed by atoms with van der Waals surface area (Å²) in [5.41, 5.74) is 3.29. The second-order valence-corrected chi connectivity index (χ2v) is 4.56. The van der Waals surface area contributed by atoms with Gasteiger partial charge in [0.1, 0.15) is 0 Å². The Balaban J connectivity index is 1.70. The van der Waals surface area contributed by atoms with Gasteiger partial charge in [0.15, 0.2) is 0 Å². The molecular weight excluding hydrogens is 250 g/mol. The van der Waals surface area contributed by atoms with Crippen molar-refractivity contribution in [3.8, 4) is 5.69 Å². The van der Waals surface area contributed by atoms with Gasteiger partial charge in [0.05, 0.1) is 11.9 Å². The zero-order valence-corrected chi connectivity index (χ0v) is 11.4. The lowest BCUT2D eigenvalue weighted by molar-refractivity contribution is 0.659. The molecule has 3 aromatic rings. The van der Waals surface area contributed by atoms with Crippen molar-refractivity contribution in [2.45, 2.75) is 20.0 Å². The molecule has 3 rings (SSSR count). The number of hydrogen-bond acceptors (Lipinski definition) is 3. The van der Waals surface area contributed by atoms with Crippen molar-refractivity contribution < 1.29 is 0 Å². The summed E-state index contributed by atoms with van der Waals surface area (Å²) in [5, 5.41) is 11.9. The van der Waals surface area contributed by atoms with E-state index >= 15 is 0 Å². The summed E-state index contributed by atoms with van der Waals surface area (Å²) in [4.78, 5) is 0. The summed E-state index contributed by atoms with van der Waals surface area (Å²) in [6, 6.07) is 10.1. The number of aromatic nitrogens is 4. The van der Waals surface area contributed by atoms with Crippen LogP contribution in [0.4, 0.5) is 5.69 Å². The number of hydrogen-bond donors (Lipinski definition) is 1. The summed E-state index contributed by atoms with van der Waals surface area (Å²) >= 11 is 0. The number of anilines is 1. The average molecular weight is 267 g/mol. The minimum Gasteiger partial charge on any atom is -0.381 e. The van der Waals surface area contributed by atoms with Crippen molar-refractivity contribution in [3.05, 3.63) is 60.7 Å². The summed E-state index contributed by atoms with van der Waals surface area (Å²) < 4.78 is 3.78. The largest absolute Gasteiger partial charge is 0.381 e. The van der Waals surface area contributed by atoms with Crippen LogP contribution in [0.15, 0.2) is 55.1 Å². The second kappa shape index (κ2) is 5.61. The molecule has 0 atom stereocenters. The van der Waals surface area contributed by atoms with Crippen molar-refractivity contribution in [1.29, 1.82) is 0 Å². The first kappa shape index (κ1) is 12.5. The van der Waals surface area contributed by atoms with Gasteiger partial charge in [-0.05, 0) is 31.2 Å². The molecule has 1 aromatic carbocycles. The molecule has 0 aliphatic rings. The smallest absolute Gasteiger partial charge is 0.0666 e. The third-order valence-corrected chi connectivity index (χ3v) is 3.12. The summed E-state index contributed by atoms with van der Waals surface area (Å²) in [6.07, 6.45) is 7.67. The van der Waals surface area contributed by atoms with Crippen LogP contribution in [0.1, 0.15) is 12.5 Å². The van der Waals surface area contributed by atoms with Crippen molar-refractivity contribution >= 4 is 5.69 Å². The van der Waals surface area contributed by atoms with Crippen LogP contribution in [-0.2, 0) is 13.1 Å². The fourth-order valence-corrected chi connectivity index (χ4v) is 2.05. The molecule has 0 unspecified atom stereocenters. The molecule has 0 spiro atoms. The van der Waals surface area contributed by atoms with Crippen LogP contribution in [0.2, 0.25) is 0 Å². The Morgan fingerprint density at radius 3 is 2.90 bits per heavy atom. The molecule has 5 heteroatoms. The standard InChI is InChI=1S/C15H17N5/c1-2-19-12-13(11-18-19)10-16-14-5-3-6-15(9-14)20-8-4-7-17-20/h3-9,11-12,16H,2,10H2,1H3. The Hall–Kier alpha value is -2.56. The van der Waals surface area contributed by atoms with Gasteiger partial charge in [-0.1, -0.05) is 6.07 Å². The topological polar surface area (TPSA) is 47.7 Å². The maximum Gasteiger partial charge on any atom is 0.0666 e. The molecular formula is C15H17N5. The van der Waals surface area contributed by atoms with Crippen LogP contribution in [0.3, 0.4) is 0 Å². The maximum atomic E-state index is 4.27. The fourth-order valence-electron chi connectivity index (χ4n) is 2.05. The SMILES string of the molecule is CCn1cc(CNc2cccc(-n3cccn3)c2)cn1. The molecule has 0 radical (unpaired) electrons. The Kier molecular flexibility index (Phi) is 3.50. The van der Waals surface area contributed by atoms with Crippen molar-refractivity contribution in [3.63, 3.8) is 0 Å². The normalized spacial score (nSPS) is 10.7. The minimum atomic E-state index is 0.766. The highest BCUT2D eigenvalue weighted by atomic mass is 15.3. The van der Waals surface area contributed by atoms with Gasteiger partial charge in [0.25, 0.3) is 0 Å². The summed E-state index contributed by atoms with van der Waals surface area (Å²) in [6.45, 7) is 3.75. The van der Waals surface area contributed by atoms with E-state index < -0.39 is 0 Å². The van der Waals surface area contributed by atoms with Gasteiger partial charge in [-0.25, -0.2) is 4.68 Å². The molecule has 1 N–H and O–H groups in total. The Morgan fingerprint density at radius 1 is 1.20 bits per heavy atom. The molecule has 0 fully saturated rings. The number of aryl methyl sites for hydroxylation is 1. The molecule has 2 heterocycles. The van der Waals surface area contributed by atoms with E-state index in [9.17, 15) is 0 Å². The minimum absolute atomic E-state index is 0.766. The van der Waals surface area contributed by atoms with Crippen LogP contribution in [0.25, 0.3) is 5.69 Å². The van der Waals surface area contributed by atoms with Gasteiger partial charge in [-0.2, -0.15) is 10.2 Å². The van der Waals surface area contributed by atoms with Crippen LogP contribution >= 0.6 is 0 Å². The first-order valence-electron chi connectivity index (χ1n) is 6.70. The maximum absolute atomic E-state index is 4.27. The number of nitrogens with zero attached hydrogens (tertiary/aromatic N) is 4. The van der Waals surface area contributed by atoms with Gasteiger partial charge < -0.3 is 5.32 Å². The highest BCUT2D eigenvalue weighted by Crippen LogP contribution is 2.14. The molecule has 2 aromatic heterocycles. The highest BCUT2D eigenvalue weighted by Gasteiger charge is 2.00. The number of rotatable bonds is 5. The third kappa shape index (κ3) is 2.71. The van der Waals surface area contributed by atoms with Crippen LogP contribution < -0.4 is 5.32 Å². The van der Waals surface area contributed by atoms with Gasteiger partial charge >= 0.3 is 0 Å². The van der Waals surface area contributed by atoms with E-state index in [4.69, 9.17) is 0 Å². The Morgan fingerprint density at radius 2 is 2.15 bits per heavy atom. The van der Waals surface area contributed by atoms with E-state index in [-0.39, 0.29) is 0 Å². The second-order valence-electron chi connectivity index (χ2n) is 4.56. The van der Waals surface area contributed by atoms with Gasteiger partial charge in [0.2, 0.25) is 0 Å². The van der Waals surface area contributed by atoms with Crippen molar-refractivity contribution in [2.24, 2.45) is 0 Å².